The number of nitrogens with zero attached hydrogens (tertiary/aromatic N) is 3. The van der Waals surface area contributed by atoms with Gasteiger partial charge in [0.25, 0.3) is 0 Å². The van der Waals surface area contributed by atoms with Crippen molar-refractivity contribution in [2.75, 3.05) is 19.6 Å². The van der Waals surface area contributed by atoms with E-state index in [0.29, 0.717) is 5.01 Å². The monoisotopic (exact) mass is 301 g/mol. The summed E-state index contributed by atoms with van der Waals surface area (Å²) >= 11 is 0. The van der Waals surface area contributed by atoms with Crippen molar-refractivity contribution in [1.82, 2.24) is 9.91 Å². The third-order valence-electron chi connectivity index (χ3n) is 2.34. The van der Waals surface area contributed by atoms with E-state index in [-0.39, 0.29) is 19.6 Å². The van der Waals surface area contributed by atoms with Crippen molar-refractivity contribution in [1.29, 1.82) is 0 Å². The number of carboxylic acids is 3. The second kappa shape index (κ2) is 9.13. The summed E-state index contributed by atoms with van der Waals surface area (Å²) in [5.41, 5.74) is 0. The summed E-state index contributed by atoms with van der Waals surface area (Å²) in [6.45, 7) is 5.95. The number of urea groups is 1. The summed E-state index contributed by atoms with van der Waals surface area (Å²) in [4.78, 5) is 47.2. The second-order valence-corrected chi connectivity index (χ2v) is 3.92. The van der Waals surface area contributed by atoms with Gasteiger partial charge in [-0.3, -0.25) is 14.4 Å². The largest absolute Gasteiger partial charge is 0.481 e. The molecule has 0 radical (unpaired) electrons. The lowest BCUT2D eigenvalue weighted by molar-refractivity contribution is -0.138. The fourth-order valence-corrected chi connectivity index (χ4v) is 1.32. The fraction of sp³-hybridized carbons (Fsp3) is 0.545. The van der Waals surface area contributed by atoms with Crippen LogP contribution >= 0.6 is 0 Å². The number of rotatable bonds is 9. The Labute approximate surface area is 120 Å². The summed E-state index contributed by atoms with van der Waals surface area (Å²) in [6, 6.07) is -0.909. The molecule has 0 aliphatic heterocycles. The van der Waals surface area contributed by atoms with Crippen molar-refractivity contribution in [2.45, 2.75) is 19.3 Å². The number of hydrogen-bond acceptors (Lipinski definition) is 4. The van der Waals surface area contributed by atoms with Crippen molar-refractivity contribution in [3.05, 3.63) is 11.5 Å². The predicted octanol–water partition coefficient (Wildman–Crippen LogP) is -0.0312. The minimum Gasteiger partial charge on any atom is -0.481 e. The lowest BCUT2D eigenvalue weighted by atomic mass is 10.3. The van der Waals surface area contributed by atoms with E-state index in [4.69, 9.17) is 21.9 Å². The van der Waals surface area contributed by atoms with Gasteiger partial charge in [-0.05, 0) is 5.01 Å². The van der Waals surface area contributed by atoms with Crippen LogP contribution < -0.4 is 0 Å². The van der Waals surface area contributed by atoms with Gasteiger partial charge in [0, 0.05) is 13.1 Å². The van der Waals surface area contributed by atoms with Gasteiger partial charge in [0.15, 0.2) is 0 Å². The van der Waals surface area contributed by atoms with E-state index in [1.54, 1.807) is 0 Å². The number of hydrogen-bond donors (Lipinski definition) is 3. The van der Waals surface area contributed by atoms with E-state index in [1.165, 1.54) is 0 Å². The van der Waals surface area contributed by atoms with Gasteiger partial charge in [0.1, 0.15) is 6.54 Å². The molecule has 116 valence electrons. The number of carbonyl (C=O) groups excluding carboxylic acids is 1. The molecule has 0 aliphatic rings. The molecule has 0 aliphatic carbocycles. The van der Waals surface area contributed by atoms with Crippen LogP contribution in [0.3, 0.4) is 0 Å². The molecule has 0 aromatic rings. The number of carboxylic acid groups (broad SMARTS) is 3. The first-order valence-corrected chi connectivity index (χ1v) is 5.87. The van der Waals surface area contributed by atoms with Crippen molar-refractivity contribution in [3.63, 3.8) is 0 Å². The number of carbonyl (C=O) groups is 4. The van der Waals surface area contributed by atoms with Gasteiger partial charge in [0.05, 0.1) is 19.3 Å². The molecule has 2 amide bonds. The van der Waals surface area contributed by atoms with Crippen LogP contribution in [0.4, 0.5) is 4.79 Å². The topological polar surface area (TPSA) is 140 Å². The van der Waals surface area contributed by atoms with E-state index >= 15 is 0 Å². The summed E-state index contributed by atoms with van der Waals surface area (Å²) < 4.78 is 0. The van der Waals surface area contributed by atoms with Gasteiger partial charge >= 0.3 is 23.9 Å². The maximum absolute atomic E-state index is 12.0. The molecule has 0 saturated carbocycles. The molecule has 21 heavy (non-hydrogen) atoms. The zero-order chi connectivity index (χ0) is 16.4. The molecule has 10 heteroatoms. The molecule has 0 atom stereocenters. The zero-order valence-electron chi connectivity index (χ0n) is 11.1. The first-order chi connectivity index (χ1) is 9.77. The minimum absolute atomic E-state index is 0.263. The quantitative estimate of drug-likeness (QED) is 0.401. The van der Waals surface area contributed by atoms with Crippen molar-refractivity contribution in [3.8, 4) is 0 Å². The molecule has 0 saturated heterocycles. The van der Waals surface area contributed by atoms with Crippen LogP contribution in [-0.4, -0.2) is 68.8 Å². The van der Waals surface area contributed by atoms with Crippen molar-refractivity contribution < 1.29 is 34.5 Å². The van der Waals surface area contributed by atoms with E-state index in [1.807, 2.05) is 0 Å². The van der Waals surface area contributed by atoms with Gasteiger partial charge in [-0.2, -0.15) is 11.5 Å². The van der Waals surface area contributed by atoms with Crippen molar-refractivity contribution in [2.24, 2.45) is 0 Å². The van der Waals surface area contributed by atoms with Gasteiger partial charge in [-0.1, -0.05) is 0 Å². The Morgan fingerprint density at radius 2 is 1.19 bits per heavy atom. The molecule has 0 heterocycles. The molecular weight excluding hydrogens is 286 g/mol. The van der Waals surface area contributed by atoms with E-state index in [9.17, 15) is 19.2 Å². The summed E-state index contributed by atoms with van der Waals surface area (Å²) in [5.74, 6) is -3.55. The molecule has 0 rings (SSSR count). The minimum atomic E-state index is -1.20. The molecule has 0 unspecified atom stereocenters. The third kappa shape index (κ3) is 8.04. The normalized spacial score (nSPS) is 9.48. The highest BCUT2D eigenvalue weighted by atomic mass is 16.4. The van der Waals surface area contributed by atoms with Gasteiger partial charge in [-0.25, -0.2) is 4.79 Å². The SMILES string of the molecule is [C-]#[N+]N(CCC(=O)O)C(=O)N(CCC(=O)O)CCC(=O)O. The lowest BCUT2D eigenvalue weighted by Crippen LogP contribution is -2.42. The maximum atomic E-state index is 12.0. The number of aliphatic carboxylic acids is 3. The average molecular weight is 301 g/mol. The Morgan fingerprint density at radius 1 is 0.810 bits per heavy atom. The van der Waals surface area contributed by atoms with Crippen molar-refractivity contribution >= 4 is 23.9 Å². The summed E-state index contributed by atoms with van der Waals surface area (Å²) in [6.07, 6.45) is -1.26. The highest BCUT2D eigenvalue weighted by Crippen LogP contribution is 2.05. The van der Waals surface area contributed by atoms with E-state index in [2.05, 4.69) is 4.95 Å². The fourth-order valence-electron chi connectivity index (χ4n) is 1.32. The Morgan fingerprint density at radius 3 is 1.52 bits per heavy atom. The highest BCUT2D eigenvalue weighted by molar-refractivity contribution is 5.77. The van der Waals surface area contributed by atoms with Crippen LogP contribution in [0.25, 0.3) is 4.95 Å². The summed E-state index contributed by atoms with van der Waals surface area (Å²) in [5, 5.41) is 26.2. The predicted molar refractivity (Wildman–Crippen MR) is 67.0 cm³/mol. The van der Waals surface area contributed by atoms with Crippen LogP contribution in [0.5, 0.6) is 0 Å². The first kappa shape index (κ1) is 18.2. The van der Waals surface area contributed by atoms with Gasteiger partial charge in [0.2, 0.25) is 0 Å². The summed E-state index contributed by atoms with van der Waals surface area (Å²) in [7, 11) is 0. The Balaban J connectivity index is 4.78. The molecule has 10 nitrogen and oxygen atoms in total. The molecule has 3 N–H and O–H groups in total. The van der Waals surface area contributed by atoms with Crippen LogP contribution in [0.1, 0.15) is 19.3 Å². The molecule has 0 aromatic carbocycles. The molecule has 0 spiro atoms. The Kier molecular flexibility index (Phi) is 7.90. The smallest absolute Gasteiger partial charge is 0.385 e. The Hall–Kier alpha value is -2.83. The zero-order valence-corrected chi connectivity index (χ0v) is 11.1. The Bertz CT molecular complexity index is 439. The number of amides is 2. The van der Waals surface area contributed by atoms with E-state index < -0.39 is 43.2 Å². The molecule has 0 bridgehead atoms. The average Bonchev–Trinajstić information content (AvgIpc) is 2.38. The second-order valence-electron chi connectivity index (χ2n) is 3.92. The molecule has 0 fully saturated rings. The molecule has 0 aromatic heterocycles. The van der Waals surface area contributed by atoms with Crippen LogP contribution in [-0.2, 0) is 14.4 Å². The van der Waals surface area contributed by atoms with Crippen LogP contribution in [0.2, 0.25) is 0 Å². The third-order valence-corrected chi connectivity index (χ3v) is 2.34. The van der Waals surface area contributed by atoms with E-state index in [0.717, 1.165) is 4.90 Å². The maximum Gasteiger partial charge on any atom is 0.385 e. The van der Waals surface area contributed by atoms with Crippen LogP contribution in [0.15, 0.2) is 0 Å². The highest BCUT2D eigenvalue weighted by Gasteiger charge is 2.26. The van der Waals surface area contributed by atoms with Crippen LogP contribution in [0, 0.1) is 6.57 Å². The standard InChI is InChI=1S/C11H15N3O7/c1-12-14(7-4-10(19)20)11(21)13(5-2-8(15)16)6-3-9(17)18/h2-7H2,(H,15,16)(H,17,18)(H,19,20). The van der Waals surface area contributed by atoms with Gasteiger partial charge < -0.3 is 20.2 Å². The molecular formula is C11H15N3O7. The first-order valence-electron chi connectivity index (χ1n) is 5.87. The van der Waals surface area contributed by atoms with Gasteiger partial charge in [-0.15, -0.1) is 0 Å². The lowest BCUT2D eigenvalue weighted by Gasteiger charge is -2.22.